The van der Waals surface area contributed by atoms with Crippen molar-refractivity contribution in [3.63, 3.8) is 0 Å². The zero-order valence-corrected chi connectivity index (χ0v) is 14.4. The van der Waals surface area contributed by atoms with Gasteiger partial charge in [0.2, 0.25) is 0 Å². The summed E-state index contributed by atoms with van der Waals surface area (Å²) in [5, 5.41) is 3.47. The molecular formula is C14H31N3O2S. The van der Waals surface area contributed by atoms with Gasteiger partial charge >= 0.3 is 0 Å². The standard InChI is InChI=1S/C14H31N3O2S/c1-12(2)10-15-11-14-6-8-17(9-7-14)20(18,19)16(5)13(3)4/h12-15H,6-11H2,1-5H3. The lowest BCUT2D eigenvalue weighted by Crippen LogP contribution is -2.48. The summed E-state index contributed by atoms with van der Waals surface area (Å²) in [5.41, 5.74) is 0. The molecule has 0 aromatic heterocycles. The second-order valence-electron chi connectivity index (χ2n) is 6.51. The summed E-state index contributed by atoms with van der Waals surface area (Å²) < 4.78 is 27.8. The fourth-order valence-corrected chi connectivity index (χ4v) is 3.94. The van der Waals surface area contributed by atoms with Gasteiger partial charge in [-0.1, -0.05) is 13.8 Å². The number of rotatable bonds is 7. The molecule has 0 spiro atoms. The molecule has 1 rings (SSSR count). The molecule has 20 heavy (non-hydrogen) atoms. The molecular weight excluding hydrogens is 274 g/mol. The predicted molar refractivity (Wildman–Crippen MR) is 83.8 cm³/mol. The summed E-state index contributed by atoms with van der Waals surface area (Å²) in [6.07, 6.45) is 1.91. The Balaban J connectivity index is 2.42. The Labute approximate surface area is 124 Å². The molecule has 5 nitrogen and oxygen atoms in total. The summed E-state index contributed by atoms with van der Waals surface area (Å²) in [7, 11) is -1.61. The van der Waals surface area contributed by atoms with Crippen LogP contribution in [-0.2, 0) is 10.2 Å². The average Bonchev–Trinajstić information content (AvgIpc) is 2.37. The van der Waals surface area contributed by atoms with E-state index in [9.17, 15) is 8.42 Å². The molecule has 0 atom stereocenters. The Morgan fingerprint density at radius 3 is 2.20 bits per heavy atom. The highest BCUT2D eigenvalue weighted by Crippen LogP contribution is 2.21. The highest BCUT2D eigenvalue weighted by molar-refractivity contribution is 7.86. The van der Waals surface area contributed by atoms with Crippen molar-refractivity contribution in [2.45, 2.75) is 46.6 Å². The molecule has 0 aromatic carbocycles. The van der Waals surface area contributed by atoms with E-state index in [1.54, 1.807) is 11.4 Å². The molecule has 1 saturated heterocycles. The minimum absolute atomic E-state index is 0.00503. The van der Waals surface area contributed by atoms with E-state index in [-0.39, 0.29) is 6.04 Å². The third-order valence-electron chi connectivity index (χ3n) is 3.98. The van der Waals surface area contributed by atoms with E-state index in [0.29, 0.717) is 24.9 Å². The van der Waals surface area contributed by atoms with Gasteiger partial charge in [-0.3, -0.25) is 0 Å². The fraction of sp³-hybridized carbons (Fsp3) is 1.00. The van der Waals surface area contributed by atoms with E-state index in [2.05, 4.69) is 19.2 Å². The first-order valence-electron chi connectivity index (χ1n) is 7.69. The average molecular weight is 305 g/mol. The van der Waals surface area contributed by atoms with Crippen molar-refractivity contribution in [1.29, 1.82) is 0 Å². The van der Waals surface area contributed by atoms with Crippen molar-refractivity contribution in [2.75, 3.05) is 33.2 Å². The molecule has 1 N–H and O–H groups in total. The van der Waals surface area contributed by atoms with Gasteiger partial charge in [0.25, 0.3) is 10.2 Å². The Kier molecular flexibility index (Phi) is 6.91. The topological polar surface area (TPSA) is 52.7 Å². The zero-order chi connectivity index (χ0) is 15.3. The fourth-order valence-electron chi connectivity index (χ4n) is 2.37. The van der Waals surface area contributed by atoms with Crippen molar-refractivity contribution >= 4 is 10.2 Å². The second-order valence-corrected chi connectivity index (χ2v) is 8.50. The maximum Gasteiger partial charge on any atom is 0.281 e. The quantitative estimate of drug-likeness (QED) is 0.776. The van der Waals surface area contributed by atoms with E-state index in [4.69, 9.17) is 0 Å². The summed E-state index contributed by atoms with van der Waals surface area (Å²) in [6, 6.07) is 0.00503. The van der Waals surface area contributed by atoms with Crippen molar-refractivity contribution < 1.29 is 8.42 Å². The summed E-state index contributed by atoms with van der Waals surface area (Å²) in [4.78, 5) is 0. The van der Waals surface area contributed by atoms with Crippen LogP contribution in [0.4, 0.5) is 0 Å². The van der Waals surface area contributed by atoms with Crippen LogP contribution in [0.3, 0.4) is 0 Å². The summed E-state index contributed by atoms with van der Waals surface area (Å²) in [6.45, 7) is 11.5. The number of nitrogens with one attached hydrogen (secondary N) is 1. The largest absolute Gasteiger partial charge is 0.316 e. The van der Waals surface area contributed by atoms with Crippen LogP contribution < -0.4 is 5.32 Å². The highest BCUT2D eigenvalue weighted by atomic mass is 32.2. The summed E-state index contributed by atoms with van der Waals surface area (Å²) in [5.74, 6) is 1.26. The van der Waals surface area contributed by atoms with Crippen molar-refractivity contribution in [1.82, 2.24) is 13.9 Å². The van der Waals surface area contributed by atoms with Gasteiger partial charge in [-0.2, -0.15) is 17.0 Å². The molecule has 0 radical (unpaired) electrons. The minimum Gasteiger partial charge on any atom is -0.316 e. The van der Waals surface area contributed by atoms with Gasteiger partial charge in [-0.25, -0.2) is 0 Å². The third kappa shape index (κ3) is 4.98. The maximum absolute atomic E-state index is 12.4. The molecule has 0 amide bonds. The lowest BCUT2D eigenvalue weighted by molar-refractivity contribution is 0.247. The van der Waals surface area contributed by atoms with Crippen LogP contribution in [0.2, 0.25) is 0 Å². The van der Waals surface area contributed by atoms with Gasteiger partial charge in [-0.15, -0.1) is 0 Å². The number of hydrogen-bond acceptors (Lipinski definition) is 3. The van der Waals surface area contributed by atoms with E-state index < -0.39 is 10.2 Å². The van der Waals surface area contributed by atoms with Gasteiger partial charge in [0.1, 0.15) is 0 Å². The molecule has 1 aliphatic rings. The normalized spacial score (nSPS) is 19.4. The predicted octanol–water partition coefficient (Wildman–Crippen LogP) is 1.53. The van der Waals surface area contributed by atoms with E-state index >= 15 is 0 Å². The van der Waals surface area contributed by atoms with Crippen molar-refractivity contribution in [3.8, 4) is 0 Å². The molecule has 1 fully saturated rings. The first-order chi connectivity index (χ1) is 9.25. The van der Waals surface area contributed by atoms with E-state index in [1.807, 2.05) is 13.8 Å². The molecule has 0 unspecified atom stereocenters. The Bertz CT molecular complexity index is 374. The molecule has 0 aromatic rings. The minimum atomic E-state index is -3.27. The summed E-state index contributed by atoms with van der Waals surface area (Å²) >= 11 is 0. The monoisotopic (exact) mass is 305 g/mol. The van der Waals surface area contributed by atoms with Gasteiger partial charge in [0.05, 0.1) is 0 Å². The Hall–Kier alpha value is -0.170. The van der Waals surface area contributed by atoms with Crippen LogP contribution in [0.1, 0.15) is 40.5 Å². The van der Waals surface area contributed by atoms with Crippen LogP contribution in [-0.4, -0.2) is 56.3 Å². The zero-order valence-electron chi connectivity index (χ0n) is 13.6. The van der Waals surface area contributed by atoms with Crippen LogP contribution in [0.5, 0.6) is 0 Å². The van der Waals surface area contributed by atoms with Crippen LogP contribution in [0.15, 0.2) is 0 Å². The molecule has 6 heteroatoms. The molecule has 0 aliphatic carbocycles. The highest BCUT2D eigenvalue weighted by Gasteiger charge is 2.31. The van der Waals surface area contributed by atoms with E-state index in [0.717, 1.165) is 25.9 Å². The first-order valence-corrected chi connectivity index (χ1v) is 9.08. The number of hydrogen-bond donors (Lipinski definition) is 1. The van der Waals surface area contributed by atoms with Crippen LogP contribution in [0.25, 0.3) is 0 Å². The van der Waals surface area contributed by atoms with Crippen LogP contribution >= 0.6 is 0 Å². The van der Waals surface area contributed by atoms with E-state index in [1.165, 1.54) is 4.31 Å². The number of nitrogens with zero attached hydrogens (tertiary/aromatic N) is 2. The van der Waals surface area contributed by atoms with Crippen molar-refractivity contribution in [3.05, 3.63) is 0 Å². The Morgan fingerprint density at radius 2 is 1.75 bits per heavy atom. The first kappa shape index (κ1) is 17.9. The SMILES string of the molecule is CC(C)CNCC1CCN(S(=O)(=O)N(C)C(C)C)CC1. The molecule has 120 valence electrons. The smallest absolute Gasteiger partial charge is 0.281 e. The van der Waals surface area contributed by atoms with Gasteiger partial charge in [-0.05, 0) is 51.6 Å². The van der Waals surface area contributed by atoms with Crippen molar-refractivity contribution in [2.24, 2.45) is 11.8 Å². The lowest BCUT2D eigenvalue weighted by atomic mass is 9.98. The third-order valence-corrected chi connectivity index (χ3v) is 6.14. The lowest BCUT2D eigenvalue weighted by Gasteiger charge is -2.35. The molecule has 1 heterocycles. The van der Waals surface area contributed by atoms with Gasteiger partial charge < -0.3 is 5.32 Å². The van der Waals surface area contributed by atoms with Gasteiger partial charge in [0.15, 0.2) is 0 Å². The molecule has 1 aliphatic heterocycles. The number of piperidine rings is 1. The maximum atomic E-state index is 12.4. The molecule has 0 saturated carbocycles. The second kappa shape index (κ2) is 7.73. The van der Waals surface area contributed by atoms with Gasteiger partial charge in [0, 0.05) is 26.2 Å². The van der Waals surface area contributed by atoms with Crippen LogP contribution in [0, 0.1) is 11.8 Å². The Morgan fingerprint density at radius 1 is 1.20 bits per heavy atom. The molecule has 0 bridgehead atoms.